The average molecular weight is 394 g/mol. The molecule has 1 fully saturated rings. The minimum Gasteiger partial charge on any atom is -0.302 e. The minimum atomic E-state index is 0.530. The summed E-state index contributed by atoms with van der Waals surface area (Å²) in [6.07, 6.45) is 6.73. The van der Waals surface area contributed by atoms with Gasteiger partial charge in [-0.25, -0.2) is 9.97 Å². The molecule has 1 aliphatic carbocycles. The van der Waals surface area contributed by atoms with Crippen LogP contribution < -0.4 is 0 Å². The van der Waals surface area contributed by atoms with Gasteiger partial charge in [-0.05, 0) is 52.0 Å². The number of aromatic nitrogens is 5. The van der Waals surface area contributed by atoms with Crippen LogP contribution in [0.3, 0.4) is 0 Å². The van der Waals surface area contributed by atoms with E-state index in [1.807, 2.05) is 0 Å². The van der Waals surface area contributed by atoms with Gasteiger partial charge in [-0.3, -0.25) is 0 Å². The maximum absolute atomic E-state index is 4.40. The molecule has 8 heteroatoms. The number of hydrogen-bond acceptors (Lipinski definition) is 6. The van der Waals surface area contributed by atoms with E-state index in [-0.39, 0.29) is 0 Å². The molecule has 0 aromatic carbocycles. The second kappa shape index (κ2) is 6.10. The van der Waals surface area contributed by atoms with Gasteiger partial charge in [0.05, 0.1) is 4.47 Å². The highest BCUT2D eigenvalue weighted by Gasteiger charge is 2.30. The summed E-state index contributed by atoms with van der Waals surface area (Å²) in [4.78, 5) is 9.92. The molecule has 4 rings (SSSR count). The van der Waals surface area contributed by atoms with E-state index in [0.29, 0.717) is 11.2 Å². The van der Waals surface area contributed by atoms with Gasteiger partial charge in [-0.15, -0.1) is 21.5 Å². The molecule has 0 N–H and O–H groups in total. The summed E-state index contributed by atoms with van der Waals surface area (Å²) in [5.41, 5.74) is 0. The van der Waals surface area contributed by atoms with Crippen molar-refractivity contribution in [1.82, 2.24) is 24.7 Å². The van der Waals surface area contributed by atoms with Crippen molar-refractivity contribution < 1.29 is 0 Å². The highest BCUT2D eigenvalue weighted by Crippen LogP contribution is 2.40. The number of rotatable bonds is 5. The normalized spacial score (nSPS) is 14.4. The monoisotopic (exact) mass is 393 g/mol. The molecule has 22 heavy (non-hydrogen) atoms. The fourth-order valence-corrected chi connectivity index (χ4v) is 3.92. The summed E-state index contributed by atoms with van der Waals surface area (Å²) >= 11 is 6.58. The molecule has 3 heterocycles. The smallest absolute Gasteiger partial charge is 0.199 e. The third kappa shape index (κ3) is 3.09. The van der Waals surface area contributed by atoms with Crippen molar-refractivity contribution in [1.29, 1.82) is 0 Å². The van der Waals surface area contributed by atoms with Crippen molar-refractivity contribution in [2.75, 3.05) is 0 Å². The van der Waals surface area contributed by atoms with Crippen LogP contribution in [0.5, 0.6) is 0 Å². The topological polar surface area (TPSA) is 56.5 Å². The lowest BCUT2D eigenvalue weighted by Crippen LogP contribution is -2.03. The summed E-state index contributed by atoms with van der Waals surface area (Å²) in [6.45, 7) is 0. The van der Waals surface area contributed by atoms with Crippen molar-refractivity contribution in [2.24, 2.45) is 0 Å². The number of nitrogens with zero attached hydrogens (tertiary/aromatic N) is 5. The Hall–Kier alpha value is -1.25. The lowest BCUT2D eigenvalue weighted by molar-refractivity contribution is 0.634. The zero-order chi connectivity index (χ0) is 14.9. The van der Waals surface area contributed by atoms with Gasteiger partial charge in [-0.1, -0.05) is 6.07 Å². The van der Waals surface area contributed by atoms with Crippen molar-refractivity contribution >= 4 is 39.0 Å². The summed E-state index contributed by atoms with van der Waals surface area (Å²) in [5, 5.41) is 12.4. The Kier molecular flexibility index (Phi) is 3.98. The van der Waals surface area contributed by atoms with E-state index in [1.165, 1.54) is 29.5 Å². The molecular weight excluding hydrogens is 382 g/mol. The maximum atomic E-state index is 4.40. The Labute approximate surface area is 144 Å². The van der Waals surface area contributed by atoms with E-state index in [9.17, 15) is 0 Å². The maximum Gasteiger partial charge on any atom is 0.199 e. The first-order valence-electron chi connectivity index (χ1n) is 6.91. The molecule has 1 aliphatic rings. The second-order valence-electron chi connectivity index (χ2n) is 5.04. The second-order valence-corrected chi connectivity index (χ2v) is 7.92. The van der Waals surface area contributed by atoms with Gasteiger partial charge in [0, 0.05) is 29.7 Å². The summed E-state index contributed by atoms with van der Waals surface area (Å²) in [5.74, 6) is 1.03. The van der Waals surface area contributed by atoms with Crippen molar-refractivity contribution in [3.63, 3.8) is 0 Å². The predicted molar refractivity (Wildman–Crippen MR) is 89.3 cm³/mol. The van der Waals surface area contributed by atoms with Gasteiger partial charge in [0.25, 0.3) is 0 Å². The first-order chi connectivity index (χ1) is 10.8. The van der Waals surface area contributed by atoms with Gasteiger partial charge in [0.2, 0.25) is 0 Å². The van der Waals surface area contributed by atoms with Gasteiger partial charge in [0.15, 0.2) is 10.3 Å². The Morgan fingerprint density at radius 1 is 1.27 bits per heavy atom. The Morgan fingerprint density at radius 2 is 2.09 bits per heavy atom. The Bertz CT molecular complexity index is 765. The van der Waals surface area contributed by atoms with E-state index in [1.54, 1.807) is 23.7 Å². The van der Waals surface area contributed by atoms with Crippen LogP contribution in [0.2, 0.25) is 0 Å². The SMILES string of the molecule is Brc1cnc(Sc2nnc(Cc3cccs3)n2C2CC2)nc1. The highest BCUT2D eigenvalue weighted by atomic mass is 79.9. The van der Waals surface area contributed by atoms with Gasteiger partial charge >= 0.3 is 0 Å². The van der Waals surface area contributed by atoms with Crippen LogP contribution in [0.15, 0.2) is 44.7 Å². The predicted octanol–water partition coefficient (Wildman–Crippen LogP) is 3.97. The van der Waals surface area contributed by atoms with Crippen LogP contribution in [-0.2, 0) is 6.42 Å². The van der Waals surface area contributed by atoms with Crippen LogP contribution in [0.1, 0.15) is 29.6 Å². The minimum absolute atomic E-state index is 0.530. The molecule has 0 aliphatic heterocycles. The number of thiophene rings is 1. The van der Waals surface area contributed by atoms with E-state index in [2.05, 4.69) is 58.2 Å². The van der Waals surface area contributed by atoms with Gasteiger partial charge in [0.1, 0.15) is 5.82 Å². The molecule has 3 aromatic heterocycles. The summed E-state index contributed by atoms with van der Waals surface area (Å²) in [7, 11) is 0. The van der Waals surface area contributed by atoms with Crippen LogP contribution in [-0.4, -0.2) is 24.7 Å². The summed E-state index contributed by atoms with van der Waals surface area (Å²) < 4.78 is 3.13. The van der Waals surface area contributed by atoms with Crippen LogP contribution >= 0.6 is 39.0 Å². The molecule has 0 atom stereocenters. The molecule has 0 spiro atoms. The van der Waals surface area contributed by atoms with Crippen LogP contribution in [0.25, 0.3) is 0 Å². The van der Waals surface area contributed by atoms with Crippen LogP contribution in [0.4, 0.5) is 0 Å². The van der Waals surface area contributed by atoms with E-state index >= 15 is 0 Å². The molecule has 5 nitrogen and oxygen atoms in total. The van der Waals surface area contributed by atoms with Crippen molar-refractivity contribution in [2.45, 2.75) is 35.6 Å². The zero-order valence-electron chi connectivity index (χ0n) is 11.5. The Morgan fingerprint density at radius 3 is 2.77 bits per heavy atom. The molecule has 0 amide bonds. The molecule has 0 radical (unpaired) electrons. The van der Waals surface area contributed by atoms with E-state index in [0.717, 1.165) is 21.9 Å². The molecule has 1 saturated carbocycles. The Balaban J connectivity index is 1.62. The average Bonchev–Trinajstić information content (AvgIpc) is 3.08. The van der Waals surface area contributed by atoms with E-state index < -0.39 is 0 Å². The molecular formula is C14H12BrN5S2. The molecule has 0 saturated heterocycles. The van der Waals surface area contributed by atoms with Crippen molar-refractivity contribution in [3.05, 3.63) is 45.1 Å². The highest BCUT2D eigenvalue weighted by molar-refractivity contribution is 9.10. The van der Waals surface area contributed by atoms with Crippen molar-refractivity contribution in [3.8, 4) is 0 Å². The van der Waals surface area contributed by atoms with E-state index in [4.69, 9.17) is 0 Å². The first kappa shape index (κ1) is 14.3. The third-order valence-electron chi connectivity index (χ3n) is 3.34. The molecule has 112 valence electrons. The standard InChI is InChI=1S/C14H12BrN5S2/c15-9-7-16-13(17-8-9)22-14-19-18-12(20(14)10-3-4-10)6-11-2-1-5-21-11/h1-2,5,7-8,10H,3-4,6H2. The molecule has 0 bridgehead atoms. The first-order valence-corrected chi connectivity index (χ1v) is 9.40. The molecule has 0 unspecified atom stereocenters. The van der Waals surface area contributed by atoms with Gasteiger partial charge in [-0.2, -0.15) is 0 Å². The largest absolute Gasteiger partial charge is 0.302 e. The summed E-state index contributed by atoms with van der Waals surface area (Å²) in [6, 6.07) is 4.74. The lowest BCUT2D eigenvalue weighted by atomic mass is 10.3. The van der Waals surface area contributed by atoms with Crippen LogP contribution in [0, 0.1) is 0 Å². The third-order valence-corrected chi connectivity index (χ3v) is 5.48. The lowest BCUT2D eigenvalue weighted by Gasteiger charge is -2.07. The number of hydrogen-bond donors (Lipinski definition) is 0. The number of halogens is 1. The fourth-order valence-electron chi connectivity index (χ4n) is 2.20. The molecule has 3 aromatic rings. The fraction of sp³-hybridized carbons (Fsp3) is 0.286. The quantitative estimate of drug-likeness (QED) is 0.613. The van der Waals surface area contributed by atoms with Gasteiger partial charge < -0.3 is 4.57 Å². The zero-order valence-corrected chi connectivity index (χ0v) is 14.7.